The van der Waals surface area contributed by atoms with Crippen LogP contribution in [0.15, 0.2) is 109 Å². The van der Waals surface area contributed by atoms with Crippen LogP contribution in [0.1, 0.15) is 5.56 Å². The minimum absolute atomic E-state index is 0.0557. The van der Waals surface area contributed by atoms with Crippen LogP contribution in [0.25, 0.3) is 38.7 Å². The van der Waals surface area contributed by atoms with Gasteiger partial charge in [0, 0.05) is 11.3 Å². The molecule has 0 aliphatic heterocycles. The highest BCUT2D eigenvalue weighted by Crippen LogP contribution is 2.25. The molecule has 1 N–H and O–H groups in total. The largest absolute Gasteiger partial charge is 0.326 e. The van der Waals surface area contributed by atoms with Crippen molar-refractivity contribution in [1.29, 1.82) is 0 Å². The molecule has 0 unspecified atom stereocenters. The zero-order valence-electron chi connectivity index (χ0n) is 19.2. The average Bonchev–Trinajstić information content (AvgIpc) is 3.60. The Kier molecular flexibility index (Phi) is 5.81. The summed E-state index contributed by atoms with van der Waals surface area (Å²) >= 11 is 1.60. The second-order valence-corrected chi connectivity index (χ2v) is 9.30. The SMILES string of the molecule is O=C(Cc1ccc(-c2ccccc2)cc1)Nc1ccc(-c2ccc3nnc(-c4cccs4)n3n2)cc1. The zero-order valence-corrected chi connectivity index (χ0v) is 20.0. The predicted molar refractivity (Wildman–Crippen MR) is 144 cm³/mol. The van der Waals surface area contributed by atoms with Crippen molar-refractivity contribution in [3.8, 4) is 33.1 Å². The number of fused-ring (bicyclic) bond motifs is 1. The van der Waals surface area contributed by atoms with Gasteiger partial charge in [0.2, 0.25) is 5.91 Å². The highest BCUT2D eigenvalue weighted by Gasteiger charge is 2.12. The van der Waals surface area contributed by atoms with Gasteiger partial charge in [-0.05, 0) is 52.4 Å². The van der Waals surface area contributed by atoms with Crippen molar-refractivity contribution < 1.29 is 4.79 Å². The Morgan fingerprint density at radius 3 is 2.25 bits per heavy atom. The number of hydrogen-bond donors (Lipinski definition) is 1. The van der Waals surface area contributed by atoms with Crippen molar-refractivity contribution in [2.75, 3.05) is 5.32 Å². The normalized spacial score (nSPS) is 11.0. The summed E-state index contributed by atoms with van der Waals surface area (Å²) in [5.74, 6) is 0.669. The summed E-state index contributed by atoms with van der Waals surface area (Å²) in [6.45, 7) is 0. The lowest BCUT2D eigenvalue weighted by molar-refractivity contribution is -0.115. The maximum absolute atomic E-state index is 12.6. The number of amides is 1. The topological polar surface area (TPSA) is 72.2 Å². The standard InChI is InChI=1S/C29H21N5OS/c35-28(19-20-8-10-22(11-9-20)21-5-2-1-3-6-21)30-24-14-12-23(13-15-24)25-16-17-27-31-32-29(34(27)33-25)26-7-4-18-36-26/h1-18H,19H2,(H,30,35). The van der Waals surface area contributed by atoms with Gasteiger partial charge in [-0.1, -0.05) is 72.8 Å². The summed E-state index contributed by atoms with van der Waals surface area (Å²) in [7, 11) is 0. The molecule has 6 rings (SSSR count). The van der Waals surface area contributed by atoms with Gasteiger partial charge in [0.15, 0.2) is 11.5 Å². The molecule has 6 aromatic rings. The second kappa shape index (κ2) is 9.56. The fourth-order valence-corrected chi connectivity index (χ4v) is 4.76. The molecule has 0 bridgehead atoms. The smallest absolute Gasteiger partial charge is 0.228 e. The van der Waals surface area contributed by atoms with E-state index in [2.05, 4.69) is 39.8 Å². The van der Waals surface area contributed by atoms with Gasteiger partial charge in [-0.15, -0.1) is 21.5 Å². The van der Waals surface area contributed by atoms with Crippen molar-refractivity contribution in [2.24, 2.45) is 0 Å². The molecule has 6 nitrogen and oxygen atoms in total. The van der Waals surface area contributed by atoms with E-state index < -0.39 is 0 Å². The number of nitrogens with one attached hydrogen (secondary N) is 1. The fraction of sp³-hybridized carbons (Fsp3) is 0.0345. The molecule has 3 aromatic heterocycles. The minimum atomic E-state index is -0.0557. The van der Waals surface area contributed by atoms with E-state index in [1.54, 1.807) is 15.9 Å². The minimum Gasteiger partial charge on any atom is -0.326 e. The molecule has 174 valence electrons. The lowest BCUT2D eigenvalue weighted by Crippen LogP contribution is -2.14. The van der Waals surface area contributed by atoms with E-state index in [1.807, 2.05) is 84.2 Å². The monoisotopic (exact) mass is 487 g/mol. The Morgan fingerprint density at radius 2 is 1.50 bits per heavy atom. The maximum atomic E-state index is 12.6. The highest BCUT2D eigenvalue weighted by atomic mass is 32.1. The fourth-order valence-electron chi connectivity index (χ4n) is 4.06. The van der Waals surface area contributed by atoms with Gasteiger partial charge in [0.25, 0.3) is 0 Å². The number of thiophene rings is 1. The molecule has 0 atom stereocenters. The second-order valence-electron chi connectivity index (χ2n) is 8.35. The van der Waals surface area contributed by atoms with Crippen molar-refractivity contribution in [3.05, 3.63) is 114 Å². The van der Waals surface area contributed by atoms with E-state index in [4.69, 9.17) is 5.10 Å². The van der Waals surface area contributed by atoms with Crippen LogP contribution in [0.4, 0.5) is 5.69 Å². The molecule has 36 heavy (non-hydrogen) atoms. The lowest BCUT2D eigenvalue weighted by Gasteiger charge is -2.08. The van der Waals surface area contributed by atoms with E-state index in [1.165, 1.54) is 0 Å². The van der Waals surface area contributed by atoms with Gasteiger partial charge in [-0.3, -0.25) is 4.79 Å². The first-order chi connectivity index (χ1) is 17.7. The summed E-state index contributed by atoms with van der Waals surface area (Å²) in [5.41, 5.74) is 6.45. The van der Waals surface area contributed by atoms with E-state index in [0.29, 0.717) is 12.1 Å². The quantitative estimate of drug-likeness (QED) is 0.296. The van der Waals surface area contributed by atoms with Crippen LogP contribution in [0.2, 0.25) is 0 Å². The van der Waals surface area contributed by atoms with Gasteiger partial charge in [0.1, 0.15) is 0 Å². The van der Waals surface area contributed by atoms with Gasteiger partial charge < -0.3 is 5.32 Å². The molecular weight excluding hydrogens is 466 g/mol. The molecular formula is C29H21N5OS. The summed E-state index contributed by atoms with van der Waals surface area (Å²) in [6, 6.07) is 33.8. The van der Waals surface area contributed by atoms with Crippen LogP contribution in [-0.2, 0) is 11.2 Å². The summed E-state index contributed by atoms with van der Waals surface area (Å²) in [5, 5.41) is 18.2. The number of benzene rings is 3. The number of aromatic nitrogens is 4. The molecule has 0 aliphatic carbocycles. The predicted octanol–water partition coefficient (Wildman–Crippen LogP) is 6.37. The van der Waals surface area contributed by atoms with Crippen molar-refractivity contribution >= 4 is 28.6 Å². The van der Waals surface area contributed by atoms with E-state index in [0.717, 1.165) is 44.3 Å². The first-order valence-corrected chi connectivity index (χ1v) is 12.4. The molecule has 0 radical (unpaired) electrons. The maximum Gasteiger partial charge on any atom is 0.228 e. The number of nitrogens with zero attached hydrogens (tertiary/aromatic N) is 4. The lowest BCUT2D eigenvalue weighted by atomic mass is 10.0. The third kappa shape index (κ3) is 4.52. The van der Waals surface area contributed by atoms with E-state index in [9.17, 15) is 4.79 Å². The molecule has 7 heteroatoms. The summed E-state index contributed by atoms with van der Waals surface area (Å²) in [4.78, 5) is 13.6. The Labute approximate surface area is 211 Å². The average molecular weight is 488 g/mol. The Morgan fingerprint density at radius 1 is 0.750 bits per heavy atom. The van der Waals surface area contributed by atoms with Crippen molar-refractivity contribution in [3.63, 3.8) is 0 Å². The van der Waals surface area contributed by atoms with Gasteiger partial charge in [0.05, 0.1) is 17.0 Å². The zero-order chi connectivity index (χ0) is 24.3. The van der Waals surface area contributed by atoms with Crippen LogP contribution in [0.5, 0.6) is 0 Å². The molecule has 1 amide bonds. The molecule has 0 saturated carbocycles. The number of carbonyl (C=O) groups excluding carboxylic acids is 1. The molecule has 0 aliphatic rings. The van der Waals surface area contributed by atoms with Gasteiger partial charge in [-0.25, -0.2) is 0 Å². The Bertz CT molecular complexity index is 1620. The van der Waals surface area contributed by atoms with Crippen LogP contribution < -0.4 is 5.32 Å². The molecule has 3 aromatic carbocycles. The van der Waals surface area contributed by atoms with Crippen LogP contribution in [0, 0.1) is 0 Å². The third-order valence-electron chi connectivity index (χ3n) is 5.89. The molecule has 0 fully saturated rings. The van der Waals surface area contributed by atoms with E-state index >= 15 is 0 Å². The third-order valence-corrected chi connectivity index (χ3v) is 6.76. The number of carbonyl (C=O) groups is 1. The van der Waals surface area contributed by atoms with Gasteiger partial charge >= 0.3 is 0 Å². The Balaban J connectivity index is 1.14. The van der Waals surface area contributed by atoms with Crippen molar-refractivity contribution in [1.82, 2.24) is 19.8 Å². The summed E-state index contributed by atoms with van der Waals surface area (Å²) < 4.78 is 1.76. The highest BCUT2D eigenvalue weighted by molar-refractivity contribution is 7.13. The first kappa shape index (κ1) is 21.9. The molecule has 3 heterocycles. The van der Waals surface area contributed by atoms with Crippen LogP contribution >= 0.6 is 11.3 Å². The van der Waals surface area contributed by atoms with E-state index in [-0.39, 0.29) is 5.91 Å². The first-order valence-electron chi connectivity index (χ1n) is 11.5. The summed E-state index contributed by atoms with van der Waals surface area (Å²) in [6.07, 6.45) is 0.314. The molecule has 0 spiro atoms. The number of rotatable bonds is 6. The van der Waals surface area contributed by atoms with Crippen LogP contribution in [-0.4, -0.2) is 25.7 Å². The van der Waals surface area contributed by atoms with Gasteiger partial charge in [-0.2, -0.15) is 9.61 Å². The number of anilines is 1. The Hall–Kier alpha value is -4.62. The van der Waals surface area contributed by atoms with Crippen molar-refractivity contribution in [2.45, 2.75) is 6.42 Å². The van der Waals surface area contributed by atoms with Crippen LogP contribution in [0.3, 0.4) is 0 Å². The number of hydrogen-bond acceptors (Lipinski definition) is 5. The molecule has 0 saturated heterocycles.